The van der Waals surface area contributed by atoms with Crippen LogP contribution in [0.15, 0.2) is 22.8 Å². The van der Waals surface area contributed by atoms with Gasteiger partial charge in [0.15, 0.2) is 10.8 Å². The van der Waals surface area contributed by atoms with Gasteiger partial charge in [0.1, 0.15) is 0 Å². The van der Waals surface area contributed by atoms with E-state index in [1.807, 2.05) is 0 Å². The van der Waals surface area contributed by atoms with Crippen LogP contribution in [0.5, 0.6) is 0 Å². The Labute approximate surface area is 123 Å². The van der Waals surface area contributed by atoms with E-state index in [-0.39, 0.29) is 24.4 Å². The van der Waals surface area contributed by atoms with Gasteiger partial charge in [-0.3, -0.25) is 15.4 Å². The first-order valence-electron chi connectivity index (χ1n) is 5.32. The van der Waals surface area contributed by atoms with Crippen LogP contribution in [0.4, 0.5) is 5.13 Å². The molecule has 1 saturated heterocycles. The zero-order chi connectivity index (χ0) is 12.4. The molecule has 0 aliphatic carbocycles. The lowest BCUT2D eigenvalue weighted by molar-refractivity contribution is -0.117. The van der Waals surface area contributed by atoms with Crippen molar-refractivity contribution >= 4 is 46.5 Å². The summed E-state index contributed by atoms with van der Waals surface area (Å²) >= 11 is 3.00. The summed E-state index contributed by atoms with van der Waals surface area (Å²) in [7, 11) is 0. The average molecular weight is 319 g/mol. The maximum absolute atomic E-state index is 11.8. The van der Waals surface area contributed by atoms with Crippen molar-refractivity contribution < 1.29 is 9.21 Å². The number of thioether (sulfide) groups is 1. The first-order chi connectivity index (χ1) is 8.83. The van der Waals surface area contributed by atoms with Gasteiger partial charge in [0.25, 0.3) is 0 Å². The number of amides is 1. The number of furan rings is 1. The van der Waals surface area contributed by atoms with Crippen LogP contribution < -0.4 is 10.6 Å². The molecule has 1 fully saturated rings. The molecule has 2 aromatic heterocycles. The largest absolute Gasteiger partial charge is 0.462 e. The summed E-state index contributed by atoms with van der Waals surface area (Å²) in [6.07, 6.45) is 1.58. The number of hydrogen-bond acceptors (Lipinski definition) is 7. The summed E-state index contributed by atoms with van der Waals surface area (Å²) in [6, 6.07) is 3.45. The summed E-state index contributed by atoms with van der Waals surface area (Å²) in [6.45, 7) is 0. The van der Waals surface area contributed by atoms with E-state index in [9.17, 15) is 4.79 Å². The maximum atomic E-state index is 11.8. The lowest BCUT2D eigenvalue weighted by atomic mass is 10.3. The number of anilines is 1. The first-order valence-corrected chi connectivity index (χ1v) is 7.29. The Morgan fingerprint density at radius 3 is 3.11 bits per heavy atom. The zero-order valence-corrected chi connectivity index (χ0v) is 12.1. The van der Waals surface area contributed by atoms with Gasteiger partial charge in [0, 0.05) is 11.6 Å². The number of aromatic nitrogens is 2. The van der Waals surface area contributed by atoms with Gasteiger partial charge in [-0.2, -0.15) is 0 Å². The van der Waals surface area contributed by atoms with Crippen molar-refractivity contribution in [2.24, 2.45) is 0 Å². The second kappa shape index (κ2) is 6.38. The second-order valence-electron chi connectivity index (χ2n) is 3.65. The van der Waals surface area contributed by atoms with Gasteiger partial charge in [-0.05, 0) is 12.1 Å². The first kappa shape index (κ1) is 14.3. The Balaban J connectivity index is 0.00000133. The van der Waals surface area contributed by atoms with E-state index in [1.54, 1.807) is 30.2 Å². The Hall–Kier alpha value is -1.09. The van der Waals surface area contributed by atoms with E-state index in [4.69, 9.17) is 4.42 Å². The Morgan fingerprint density at radius 2 is 2.42 bits per heavy atom. The van der Waals surface area contributed by atoms with Gasteiger partial charge < -0.3 is 4.42 Å². The molecule has 0 radical (unpaired) electrons. The predicted molar refractivity (Wildman–Crippen MR) is 77.7 cm³/mol. The zero-order valence-electron chi connectivity index (χ0n) is 9.66. The van der Waals surface area contributed by atoms with Gasteiger partial charge in [-0.15, -0.1) is 34.4 Å². The summed E-state index contributed by atoms with van der Waals surface area (Å²) in [5.74, 6) is 2.19. The highest BCUT2D eigenvalue weighted by atomic mass is 35.5. The molecule has 0 saturated carbocycles. The molecular formula is C10H11ClN4O2S2. The fourth-order valence-corrected chi connectivity index (χ4v) is 3.19. The van der Waals surface area contributed by atoms with Crippen LogP contribution in [0.25, 0.3) is 10.8 Å². The van der Waals surface area contributed by atoms with E-state index in [2.05, 4.69) is 20.8 Å². The van der Waals surface area contributed by atoms with Crippen LogP contribution in [0.2, 0.25) is 0 Å². The summed E-state index contributed by atoms with van der Waals surface area (Å²) in [4.78, 5) is 11.8. The number of hydrogen-bond donors (Lipinski definition) is 2. The molecule has 0 spiro atoms. The van der Waals surface area contributed by atoms with E-state index in [0.29, 0.717) is 15.9 Å². The highest BCUT2D eigenvalue weighted by molar-refractivity contribution is 7.99. The van der Waals surface area contributed by atoms with Gasteiger partial charge >= 0.3 is 0 Å². The molecule has 3 rings (SSSR count). The third-order valence-electron chi connectivity index (χ3n) is 2.42. The molecular weight excluding hydrogens is 308 g/mol. The Kier molecular flexibility index (Phi) is 4.81. The molecule has 0 bridgehead atoms. The number of halogens is 1. The lowest BCUT2D eigenvalue weighted by Gasteiger charge is -2.06. The summed E-state index contributed by atoms with van der Waals surface area (Å²) < 4.78 is 5.22. The van der Waals surface area contributed by atoms with Gasteiger partial charge in [0.05, 0.1) is 12.3 Å². The molecule has 2 N–H and O–H groups in total. The fraction of sp³-hybridized carbons (Fsp3) is 0.300. The molecule has 1 aliphatic heterocycles. The number of carbonyl (C=O) groups excluding carboxylic acids is 1. The predicted octanol–water partition coefficient (Wildman–Crippen LogP) is 1.82. The number of nitrogens with one attached hydrogen (secondary N) is 2. The van der Waals surface area contributed by atoms with Crippen LogP contribution in [0.3, 0.4) is 0 Å². The SMILES string of the molecule is Cl.O=C(Nc1nnc(-c2ccco2)s1)C1CSCN1. The average Bonchev–Trinajstić information content (AvgIpc) is 3.12. The third-order valence-corrected chi connectivity index (χ3v) is 4.21. The molecule has 19 heavy (non-hydrogen) atoms. The summed E-state index contributed by atoms with van der Waals surface area (Å²) in [5, 5.41) is 14.9. The van der Waals surface area contributed by atoms with Crippen molar-refractivity contribution in [3.63, 3.8) is 0 Å². The van der Waals surface area contributed by atoms with Crippen molar-refractivity contribution in [2.75, 3.05) is 16.9 Å². The normalized spacial score (nSPS) is 18.0. The maximum Gasteiger partial charge on any atom is 0.244 e. The molecule has 3 heterocycles. The number of carbonyl (C=O) groups is 1. The summed E-state index contributed by atoms with van der Waals surface area (Å²) in [5.41, 5.74) is 0. The quantitative estimate of drug-likeness (QED) is 0.898. The van der Waals surface area contributed by atoms with Crippen molar-refractivity contribution in [3.05, 3.63) is 18.4 Å². The highest BCUT2D eigenvalue weighted by Gasteiger charge is 2.23. The second-order valence-corrected chi connectivity index (χ2v) is 5.66. The van der Waals surface area contributed by atoms with Crippen LogP contribution in [-0.4, -0.2) is 33.8 Å². The molecule has 1 aliphatic rings. The minimum absolute atomic E-state index is 0. The Bertz CT molecular complexity index is 539. The molecule has 1 unspecified atom stereocenters. The molecule has 6 nitrogen and oxygen atoms in total. The standard InChI is InChI=1S/C10H10N4O2S2.ClH/c15-8(6-4-17-5-11-6)12-10-14-13-9(18-10)7-2-1-3-16-7;/h1-3,6,11H,4-5H2,(H,12,14,15);1H. The van der Waals surface area contributed by atoms with E-state index < -0.39 is 0 Å². The van der Waals surface area contributed by atoms with Crippen LogP contribution >= 0.6 is 35.5 Å². The Morgan fingerprint density at radius 1 is 1.53 bits per heavy atom. The van der Waals surface area contributed by atoms with E-state index in [0.717, 1.165) is 11.6 Å². The highest BCUT2D eigenvalue weighted by Crippen LogP contribution is 2.26. The molecule has 1 atom stereocenters. The van der Waals surface area contributed by atoms with E-state index >= 15 is 0 Å². The monoisotopic (exact) mass is 318 g/mol. The fourth-order valence-electron chi connectivity index (χ4n) is 1.53. The molecule has 2 aromatic rings. The third kappa shape index (κ3) is 3.27. The van der Waals surface area contributed by atoms with Crippen molar-refractivity contribution in [1.82, 2.24) is 15.5 Å². The topological polar surface area (TPSA) is 80.1 Å². The van der Waals surface area contributed by atoms with Gasteiger partial charge in [-0.25, -0.2) is 0 Å². The van der Waals surface area contributed by atoms with E-state index in [1.165, 1.54) is 11.3 Å². The number of nitrogens with zero attached hydrogens (tertiary/aromatic N) is 2. The van der Waals surface area contributed by atoms with Crippen LogP contribution in [0, 0.1) is 0 Å². The minimum atomic E-state index is -0.147. The molecule has 0 aromatic carbocycles. The lowest BCUT2D eigenvalue weighted by Crippen LogP contribution is -2.37. The van der Waals surface area contributed by atoms with Gasteiger partial charge in [0.2, 0.25) is 11.0 Å². The van der Waals surface area contributed by atoms with Crippen molar-refractivity contribution in [3.8, 4) is 10.8 Å². The van der Waals surface area contributed by atoms with Crippen molar-refractivity contribution in [2.45, 2.75) is 6.04 Å². The molecule has 102 valence electrons. The van der Waals surface area contributed by atoms with Crippen LogP contribution in [0.1, 0.15) is 0 Å². The number of rotatable bonds is 3. The smallest absolute Gasteiger partial charge is 0.244 e. The van der Waals surface area contributed by atoms with Crippen molar-refractivity contribution in [1.29, 1.82) is 0 Å². The molecule has 1 amide bonds. The minimum Gasteiger partial charge on any atom is -0.462 e. The molecule has 9 heteroatoms. The van der Waals surface area contributed by atoms with Crippen LogP contribution in [-0.2, 0) is 4.79 Å². The van der Waals surface area contributed by atoms with Gasteiger partial charge in [-0.1, -0.05) is 11.3 Å².